The number of fused-ring (bicyclic) bond motifs is 1. The second-order valence-electron chi connectivity index (χ2n) is 6.82. The monoisotopic (exact) mass is 273 g/mol. The molecule has 0 saturated heterocycles. The van der Waals surface area contributed by atoms with Gasteiger partial charge >= 0.3 is 0 Å². The van der Waals surface area contributed by atoms with Gasteiger partial charge in [0.15, 0.2) is 0 Å². The van der Waals surface area contributed by atoms with E-state index in [1.165, 1.54) is 43.4 Å². The van der Waals surface area contributed by atoms with Crippen molar-refractivity contribution in [3.63, 3.8) is 0 Å². The Labute approximate surface area is 122 Å². The van der Waals surface area contributed by atoms with Crippen LogP contribution in [0.3, 0.4) is 0 Å². The summed E-state index contributed by atoms with van der Waals surface area (Å²) < 4.78 is 0. The maximum Gasteiger partial charge on any atom is 0.131 e. The van der Waals surface area contributed by atoms with Gasteiger partial charge in [-0.05, 0) is 63.1 Å². The van der Waals surface area contributed by atoms with Gasteiger partial charge in [0.05, 0.1) is 0 Å². The van der Waals surface area contributed by atoms with E-state index in [4.69, 9.17) is 9.97 Å². The number of nitrogens with one attached hydrogen (secondary N) is 1. The normalized spacial score (nSPS) is 30.0. The molecular weight excluding hydrogens is 246 g/mol. The smallest absolute Gasteiger partial charge is 0.131 e. The molecule has 3 heteroatoms. The Balaban J connectivity index is 1.71. The van der Waals surface area contributed by atoms with E-state index >= 15 is 0 Å². The lowest BCUT2D eigenvalue weighted by atomic mass is 9.82. The first kappa shape index (κ1) is 14.0. The topological polar surface area (TPSA) is 37.8 Å². The van der Waals surface area contributed by atoms with Crippen LogP contribution in [-0.4, -0.2) is 23.6 Å². The van der Waals surface area contributed by atoms with Gasteiger partial charge in [0.2, 0.25) is 0 Å². The summed E-state index contributed by atoms with van der Waals surface area (Å²) in [7, 11) is 2.04. The summed E-state index contributed by atoms with van der Waals surface area (Å²) in [5.74, 6) is 3.40. The number of rotatable bonds is 3. The van der Waals surface area contributed by atoms with E-state index in [0.717, 1.165) is 37.0 Å². The highest BCUT2D eigenvalue weighted by Gasteiger charge is 2.24. The summed E-state index contributed by atoms with van der Waals surface area (Å²) in [6, 6.07) is 0. The molecule has 1 N–H and O–H groups in total. The highest BCUT2D eigenvalue weighted by molar-refractivity contribution is 5.22. The van der Waals surface area contributed by atoms with Crippen LogP contribution in [0.1, 0.15) is 62.0 Å². The summed E-state index contributed by atoms with van der Waals surface area (Å²) in [4.78, 5) is 9.63. The first-order valence-electron chi connectivity index (χ1n) is 8.25. The molecule has 0 aliphatic heterocycles. The molecule has 2 aliphatic carbocycles. The zero-order valence-corrected chi connectivity index (χ0v) is 12.9. The Hall–Kier alpha value is -0.960. The molecule has 1 atom stereocenters. The van der Waals surface area contributed by atoms with Crippen LogP contribution in [-0.2, 0) is 12.8 Å². The molecular formula is C17H27N3. The fourth-order valence-electron chi connectivity index (χ4n) is 3.78. The van der Waals surface area contributed by atoms with Crippen LogP contribution in [0.15, 0.2) is 6.20 Å². The third-order valence-corrected chi connectivity index (χ3v) is 5.14. The molecule has 110 valence electrons. The average molecular weight is 273 g/mol. The van der Waals surface area contributed by atoms with Gasteiger partial charge in [-0.25, -0.2) is 9.97 Å². The second-order valence-corrected chi connectivity index (χ2v) is 6.82. The largest absolute Gasteiger partial charge is 0.319 e. The highest BCUT2D eigenvalue weighted by atomic mass is 14.9. The average Bonchev–Trinajstić information content (AvgIpc) is 2.48. The Morgan fingerprint density at radius 2 is 2.00 bits per heavy atom. The molecule has 1 heterocycles. The number of aromatic nitrogens is 2. The van der Waals surface area contributed by atoms with Gasteiger partial charge < -0.3 is 5.32 Å². The first-order valence-corrected chi connectivity index (χ1v) is 8.25. The molecule has 1 fully saturated rings. The molecule has 0 radical (unpaired) electrons. The van der Waals surface area contributed by atoms with Crippen molar-refractivity contribution in [1.29, 1.82) is 0 Å². The van der Waals surface area contributed by atoms with Crippen LogP contribution in [0.2, 0.25) is 0 Å². The van der Waals surface area contributed by atoms with E-state index < -0.39 is 0 Å². The van der Waals surface area contributed by atoms with Gasteiger partial charge in [-0.3, -0.25) is 0 Å². The van der Waals surface area contributed by atoms with Crippen LogP contribution in [0.5, 0.6) is 0 Å². The molecule has 3 nitrogen and oxygen atoms in total. The van der Waals surface area contributed by atoms with E-state index in [-0.39, 0.29) is 0 Å². The Morgan fingerprint density at radius 1 is 1.20 bits per heavy atom. The lowest BCUT2D eigenvalue weighted by Crippen LogP contribution is -2.26. The summed E-state index contributed by atoms with van der Waals surface area (Å²) in [5.41, 5.74) is 2.73. The lowest BCUT2D eigenvalue weighted by Gasteiger charge is -2.27. The van der Waals surface area contributed by atoms with Gasteiger partial charge in [0.25, 0.3) is 0 Å². The Kier molecular flexibility index (Phi) is 4.35. The zero-order chi connectivity index (χ0) is 13.9. The minimum absolute atomic E-state index is 0.617. The molecule has 0 aromatic carbocycles. The van der Waals surface area contributed by atoms with Gasteiger partial charge in [0.1, 0.15) is 5.82 Å². The van der Waals surface area contributed by atoms with Crippen LogP contribution in [0, 0.1) is 11.8 Å². The maximum absolute atomic E-state index is 4.93. The lowest BCUT2D eigenvalue weighted by molar-refractivity contribution is 0.338. The highest BCUT2D eigenvalue weighted by Crippen LogP contribution is 2.34. The van der Waals surface area contributed by atoms with Crippen molar-refractivity contribution in [2.75, 3.05) is 13.6 Å². The van der Waals surface area contributed by atoms with Crippen LogP contribution in [0.4, 0.5) is 0 Å². The number of hydrogen-bond donors (Lipinski definition) is 1. The van der Waals surface area contributed by atoms with E-state index in [9.17, 15) is 0 Å². The summed E-state index contributed by atoms with van der Waals surface area (Å²) >= 11 is 0. The fourth-order valence-corrected chi connectivity index (χ4v) is 3.78. The van der Waals surface area contributed by atoms with E-state index in [1.807, 2.05) is 7.05 Å². The standard InChI is InChI=1S/C17H27N3/c1-12-3-6-14(7-4-12)17-19-11-15-9-13(10-18-2)5-8-16(15)20-17/h11-14,18H,3-10H2,1-2H3. The third-order valence-electron chi connectivity index (χ3n) is 5.14. The number of hydrogen-bond acceptors (Lipinski definition) is 3. The number of aryl methyl sites for hydroxylation is 1. The van der Waals surface area contributed by atoms with Crippen LogP contribution >= 0.6 is 0 Å². The zero-order valence-electron chi connectivity index (χ0n) is 12.9. The van der Waals surface area contributed by atoms with Gasteiger partial charge in [-0.2, -0.15) is 0 Å². The van der Waals surface area contributed by atoms with Crippen molar-refractivity contribution in [2.45, 2.75) is 57.8 Å². The molecule has 1 saturated carbocycles. The minimum atomic E-state index is 0.617. The van der Waals surface area contributed by atoms with Crippen molar-refractivity contribution in [2.24, 2.45) is 11.8 Å². The van der Waals surface area contributed by atoms with Crippen molar-refractivity contribution < 1.29 is 0 Å². The van der Waals surface area contributed by atoms with Gasteiger partial charge in [0, 0.05) is 17.8 Å². The van der Waals surface area contributed by atoms with Gasteiger partial charge in [-0.1, -0.05) is 19.8 Å². The summed E-state index contributed by atoms with van der Waals surface area (Å²) in [6.45, 7) is 3.48. The summed E-state index contributed by atoms with van der Waals surface area (Å²) in [5, 5.41) is 3.29. The molecule has 0 spiro atoms. The predicted molar refractivity (Wildman–Crippen MR) is 81.8 cm³/mol. The number of nitrogens with zero attached hydrogens (tertiary/aromatic N) is 2. The third kappa shape index (κ3) is 3.03. The molecule has 20 heavy (non-hydrogen) atoms. The minimum Gasteiger partial charge on any atom is -0.319 e. The van der Waals surface area contributed by atoms with E-state index in [1.54, 1.807) is 0 Å². The fraction of sp³-hybridized carbons (Fsp3) is 0.765. The van der Waals surface area contributed by atoms with Gasteiger partial charge in [-0.15, -0.1) is 0 Å². The molecule has 2 aliphatic rings. The molecule has 1 aromatic heterocycles. The predicted octanol–water partition coefficient (Wildman–Crippen LogP) is 3.09. The Morgan fingerprint density at radius 3 is 2.75 bits per heavy atom. The van der Waals surface area contributed by atoms with Crippen molar-refractivity contribution >= 4 is 0 Å². The van der Waals surface area contributed by atoms with E-state index in [0.29, 0.717) is 5.92 Å². The Bertz CT molecular complexity index is 450. The molecule has 3 rings (SSSR count). The van der Waals surface area contributed by atoms with Crippen molar-refractivity contribution in [1.82, 2.24) is 15.3 Å². The molecule has 1 aromatic rings. The van der Waals surface area contributed by atoms with Crippen molar-refractivity contribution in [3.8, 4) is 0 Å². The van der Waals surface area contributed by atoms with E-state index in [2.05, 4.69) is 18.4 Å². The SMILES string of the molecule is CNCC1CCc2nc(C3CCC(C)CC3)ncc2C1. The molecule has 0 amide bonds. The van der Waals surface area contributed by atoms with Crippen LogP contribution < -0.4 is 5.32 Å². The van der Waals surface area contributed by atoms with Crippen molar-refractivity contribution in [3.05, 3.63) is 23.3 Å². The second kappa shape index (κ2) is 6.21. The quantitative estimate of drug-likeness (QED) is 0.919. The molecule has 0 bridgehead atoms. The summed E-state index contributed by atoms with van der Waals surface area (Å²) in [6.07, 6.45) is 10.9. The maximum atomic E-state index is 4.93. The first-order chi connectivity index (χ1) is 9.76. The molecule has 1 unspecified atom stereocenters. The van der Waals surface area contributed by atoms with Crippen LogP contribution in [0.25, 0.3) is 0 Å².